The molecule has 20 heavy (non-hydrogen) atoms. The highest BCUT2D eigenvalue weighted by atomic mass is 32.3. The minimum Gasteiger partial charge on any atom is -0.369 e. The summed E-state index contributed by atoms with van der Waals surface area (Å²) in [5.74, 6) is 1.90. The molecule has 1 aromatic rings. The Morgan fingerprint density at radius 3 is 2.60 bits per heavy atom. The molecule has 1 heterocycles. The SMILES string of the molecule is C#Cc1cc(CS(=O)(=O)F)cc(N2CCNCC2)c1C. The third kappa shape index (κ3) is 3.50. The summed E-state index contributed by atoms with van der Waals surface area (Å²) in [7, 11) is -4.56. The van der Waals surface area contributed by atoms with Gasteiger partial charge in [0.25, 0.3) is 0 Å². The maximum Gasteiger partial charge on any atom is 0.306 e. The van der Waals surface area contributed by atoms with Crippen LogP contribution in [0.25, 0.3) is 0 Å². The first-order valence-corrected chi connectivity index (χ1v) is 7.94. The summed E-state index contributed by atoms with van der Waals surface area (Å²) in [6, 6.07) is 3.29. The van der Waals surface area contributed by atoms with Crippen molar-refractivity contribution in [3.63, 3.8) is 0 Å². The van der Waals surface area contributed by atoms with Gasteiger partial charge in [0.2, 0.25) is 0 Å². The molecule has 1 fully saturated rings. The Hall–Kier alpha value is -1.58. The van der Waals surface area contributed by atoms with E-state index in [1.165, 1.54) is 0 Å². The smallest absolute Gasteiger partial charge is 0.306 e. The van der Waals surface area contributed by atoms with Gasteiger partial charge in [0.15, 0.2) is 0 Å². The van der Waals surface area contributed by atoms with Crippen LogP contribution in [0.5, 0.6) is 0 Å². The summed E-state index contributed by atoms with van der Waals surface area (Å²) in [5, 5.41) is 3.25. The molecule has 0 saturated carbocycles. The normalized spacial score (nSPS) is 15.9. The van der Waals surface area contributed by atoms with E-state index in [0.717, 1.165) is 37.4 Å². The van der Waals surface area contributed by atoms with Gasteiger partial charge in [-0.15, -0.1) is 10.3 Å². The first-order valence-electron chi connectivity index (χ1n) is 6.39. The first-order chi connectivity index (χ1) is 9.40. The molecule has 0 aliphatic carbocycles. The molecule has 0 atom stereocenters. The molecule has 1 saturated heterocycles. The molecule has 4 nitrogen and oxygen atoms in total. The van der Waals surface area contributed by atoms with Gasteiger partial charge >= 0.3 is 10.2 Å². The third-order valence-corrected chi connectivity index (χ3v) is 4.07. The first kappa shape index (κ1) is 14.8. The largest absolute Gasteiger partial charge is 0.369 e. The van der Waals surface area contributed by atoms with Crippen LogP contribution >= 0.6 is 0 Å². The maximum absolute atomic E-state index is 12.9. The molecule has 6 heteroatoms. The predicted molar refractivity (Wildman–Crippen MR) is 77.9 cm³/mol. The van der Waals surface area contributed by atoms with Crippen molar-refractivity contribution in [1.82, 2.24) is 5.32 Å². The lowest BCUT2D eigenvalue weighted by molar-refractivity contribution is 0.551. The number of benzene rings is 1. The van der Waals surface area contributed by atoms with Gasteiger partial charge in [0.05, 0.1) is 0 Å². The van der Waals surface area contributed by atoms with Crippen molar-refractivity contribution < 1.29 is 12.3 Å². The van der Waals surface area contributed by atoms with Crippen LogP contribution < -0.4 is 10.2 Å². The third-order valence-electron chi connectivity index (χ3n) is 3.39. The van der Waals surface area contributed by atoms with Gasteiger partial charge in [-0.3, -0.25) is 0 Å². The highest BCUT2D eigenvalue weighted by Gasteiger charge is 2.17. The second-order valence-corrected chi connectivity index (χ2v) is 6.22. The number of nitrogens with zero attached hydrogens (tertiary/aromatic N) is 1. The molecule has 1 aliphatic heterocycles. The Kier molecular flexibility index (Phi) is 4.31. The van der Waals surface area contributed by atoms with E-state index in [1.807, 2.05) is 6.92 Å². The van der Waals surface area contributed by atoms with Crippen molar-refractivity contribution in [3.8, 4) is 12.3 Å². The molecular formula is C14H17FN2O2S. The van der Waals surface area contributed by atoms with Crippen LogP contribution in [-0.4, -0.2) is 34.6 Å². The molecule has 1 aromatic carbocycles. The molecule has 0 aromatic heterocycles. The van der Waals surface area contributed by atoms with Gasteiger partial charge in [-0.05, 0) is 30.2 Å². The quantitative estimate of drug-likeness (QED) is 0.672. The average molecular weight is 296 g/mol. The second-order valence-electron chi connectivity index (χ2n) is 4.85. The Morgan fingerprint density at radius 1 is 1.40 bits per heavy atom. The lowest BCUT2D eigenvalue weighted by Gasteiger charge is -2.31. The topological polar surface area (TPSA) is 49.4 Å². The second kappa shape index (κ2) is 5.81. The van der Waals surface area contributed by atoms with Gasteiger partial charge < -0.3 is 10.2 Å². The number of piperazine rings is 1. The standard InChI is InChI=1S/C14H17FN2O2S/c1-3-13-8-12(10-20(15,18)19)9-14(11(13)2)17-6-4-16-5-7-17/h1,8-9,16H,4-7,10H2,2H3. The van der Waals surface area contributed by atoms with Crippen LogP contribution in [0.2, 0.25) is 0 Å². The fraction of sp³-hybridized carbons (Fsp3) is 0.429. The minimum atomic E-state index is -4.56. The fourth-order valence-corrected chi connectivity index (χ4v) is 2.99. The van der Waals surface area contributed by atoms with Gasteiger partial charge in [0.1, 0.15) is 5.75 Å². The van der Waals surface area contributed by atoms with Crippen molar-refractivity contribution in [2.45, 2.75) is 12.7 Å². The van der Waals surface area contributed by atoms with E-state index in [1.54, 1.807) is 12.1 Å². The summed E-state index contributed by atoms with van der Waals surface area (Å²) >= 11 is 0. The van der Waals surface area contributed by atoms with E-state index in [-0.39, 0.29) is 0 Å². The number of hydrogen-bond acceptors (Lipinski definition) is 4. The van der Waals surface area contributed by atoms with Gasteiger partial charge in [-0.2, -0.15) is 8.42 Å². The highest BCUT2D eigenvalue weighted by Crippen LogP contribution is 2.26. The summed E-state index contributed by atoms with van der Waals surface area (Å²) in [5.41, 5.74) is 2.81. The van der Waals surface area contributed by atoms with Crippen molar-refractivity contribution in [1.29, 1.82) is 0 Å². The van der Waals surface area contributed by atoms with Crippen molar-refractivity contribution >= 4 is 15.9 Å². The van der Waals surface area contributed by atoms with E-state index in [0.29, 0.717) is 11.1 Å². The lowest BCUT2D eigenvalue weighted by atomic mass is 10.0. The summed E-state index contributed by atoms with van der Waals surface area (Å²) in [6.07, 6.45) is 5.46. The van der Waals surface area contributed by atoms with Crippen molar-refractivity contribution in [3.05, 3.63) is 28.8 Å². The van der Waals surface area contributed by atoms with Crippen LogP contribution in [0.1, 0.15) is 16.7 Å². The molecule has 108 valence electrons. The van der Waals surface area contributed by atoms with Crippen molar-refractivity contribution in [2.24, 2.45) is 0 Å². The van der Waals surface area contributed by atoms with E-state index < -0.39 is 16.0 Å². The van der Waals surface area contributed by atoms with Crippen LogP contribution in [0, 0.1) is 19.3 Å². The van der Waals surface area contributed by atoms with Gasteiger partial charge in [0, 0.05) is 37.4 Å². The molecule has 0 unspecified atom stereocenters. The number of nitrogens with one attached hydrogen (secondary N) is 1. The Labute approximate surface area is 119 Å². The van der Waals surface area contributed by atoms with Crippen LogP contribution in [-0.2, 0) is 16.0 Å². The van der Waals surface area contributed by atoms with E-state index in [4.69, 9.17) is 6.42 Å². The zero-order chi connectivity index (χ0) is 14.8. The number of hydrogen-bond donors (Lipinski definition) is 1. The maximum atomic E-state index is 12.9. The molecule has 1 aliphatic rings. The Morgan fingerprint density at radius 2 is 2.05 bits per heavy atom. The van der Waals surface area contributed by atoms with E-state index >= 15 is 0 Å². The van der Waals surface area contributed by atoms with Crippen molar-refractivity contribution in [2.75, 3.05) is 31.1 Å². The van der Waals surface area contributed by atoms with Crippen LogP contribution in [0.3, 0.4) is 0 Å². The van der Waals surface area contributed by atoms with E-state index in [2.05, 4.69) is 16.1 Å². The number of halogens is 1. The fourth-order valence-electron chi connectivity index (χ4n) is 2.42. The molecule has 0 bridgehead atoms. The average Bonchev–Trinajstić information content (AvgIpc) is 2.40. The summed E-state index contributed by atoms with van der Waals surface area (Å²) in [4.78, 5) is 2.14. The summed E-state index contributed by atoms with van der Waals surface area (Å²) < 4.78 is 34.5. The zero-order valence-corrected chi connectivity index (χ0v) is 12.1. The number of terminal acetylenes is 1. The Balaban J connectivity index is 2.44. The van der Waals surface area contributed by atoms with Gasteiger partial charge in [-0.25, -0.2) is 0 Å². The monoisotopic (exact) mass is 296 g/mol. The van der Waals surface area contributed by atoms with E-state index in [9.17, 15) is 12.3 Å². The molecule has 2 rings (SSSR count). The van der Waals surface area contributed by atoms with Gasteiger partial charge in [-0.1, -0.05) is 5.92 Å². The molecule has 0 radical (unpaired) electrons. The molecule has 0 amide bonds. The van der Waals surface area contributed by atoms with Crippen LogP contribution in [0.15, 0.2) is 12.1 Å². The molecule has 0 spiro atoms. The lowest BCUT2D eigenvalue weighted by Crippen LogP contribution is -2.43. The number of rotatable bonds is 3. The summed E-state index contributed by atoms with van der Waals surface area (Å²) in [6.45, 7) is 5.25. The zero-order valence-electron chi connectivity index (χ0n) is 11.3. The minimum absolute atomic E-state index is 0.389. The highest BCUT2D eigenvalue weighted by molar-refractivity contribution is 7.85. The Bertz CT molecular complexity index is 644. The number of anilines is 1. The molecule has 1 N–H and O–H groups in total. The molecular weight excluding hydrogens is 279 g/mol. The van der Waals surface area contributed by atoms with Crippen LogP contribution in [0.4, 0.5) is 9.57 Å². The predicted octanol–water partition coefficient (Wildman–Crippen LogP) is 1.19.